The van der Waals surface area contributed by atoms with Gasteiger partial charge in [-0.3, -0.25) is 0 Å². The molecule has 4 rings (SSSR count). The van der Waals surface area contributed by atoms with E-state index in [1.165, 1.54) is 16.7 Å². The van der Waals surface area contributed by atoms with Gasteiger partial charge in [0.1, 0.15) is 19.2 Å². The van der Waals surface area contributed by atoms with Crippen molar-refractivity contribution in [1.82, 2.24) is 4.98 Å². The third-order valence-corrected chi connectivity index (χ3v) is 6.35. The summed E-state index contributed by atoms with van der Waals surface area (Å²) in [4.78, 5) is 7.15. The van der Waals surface area contributed by atoms with Crippen LogP contribution in [0.15, 0.2) is 90.2 Å². The zero-order valence-corrected chi connectivity index (χ0v) is 18.2. The molecular weight excluding hydrogens is 363 g/mol. The van der Waals surface area contributed by atoms with Crippen LogP contribution in [0, 0.1) is 12.8 Å². The second kappa shape index (κ2) is 8.51. The van der Waals surface area contributed by atoms with Crippen molar-refractivity contribution < 1.29 is 0 Å². The van der Waals surface area contributed by atoms with Gasteiger partial charge in [-0.2, -0.15) is 0 Å². The van der Waals surface area contributed by atoms with Gasteiger partial charge in [-0.25, -0.2) is 4.98 Å². The maximum absolute atomic E-state index is 6.03. The van der Waals surface area contributed by atoms with Crippen molar-refractivity contribution >= 4 is 19.1 Å². The van der Waals surface area contributed by atoms with Crippen LogP contribution in [0.3, 0.4) is 0 Å². The van der Waals surface area contributed by atoms with Crippen LogP contribution in [0.25, 0.3) is 0 Å². The number of rotatable bonds is 5. The lowest BCUT2D eigenvalue weighted by molar-refractivity contribution is 0.493. The molecule has 0 spiro atoms. The molecule has 0 N–H and O–H groups in total. The fourth-order valence-corrected chi connectivity index (χ4v) is 4.96. The van der Waals surface area contributed by atoms with Crippen molar-refractivity contribution in [2.24, 2.45) is 5.92 Å². The Morgan fingerprint density at radius 3 is 2.60 bits per heavy atom. The number of hydrogen-bond acceptors (Lipinski definition) is 2. The summed E-state index contributed by atoms with van der Waals surface area (Å²) in [6.07, 6.45) is 18.7. The Hall–Kier alpha value is -2.81. The number of pyridine rings is 1. The molecule has 2 radical (unpaired) electrons. The lowest BCUT2D eigenvalue weighted by Crippen LogP contribution is -2.49. The van der Waals surface area contributed by atoms with E-state index >= 15 is 0 Å². The second-order valence-corrected chi connectivity index (χ2v) is 8.37. The first-order valence-corrected chi connectivity index (χ1v) is 10.8. The summed E-state index contributed by atoms with van der Waals surface area (Å²) in [6, 6.07) is 12.9. The van der Waals surface area contributed by atoms with Gasteiger partial charge in [0.05, 0.1) is 0 Å². The molecule has 3 heteroatoms. The molecule has 1 aromatic heterocycles. The summed E-state index contributed by atoms with van der Waals surface area (Å²) in [6.45, 7) is 4.42. The minimum Gasteiger partial charge on any atom is -0.342 e. The van der Waals surface area contributed by atoms with Gasteiger partial charge in [0.25, 0.3) is 0 Å². The van der Waals surface area contributed by atoms with E-state index in [2.05, 4.69) is 92.6 Å². The highest BCUT2D eigenvalue weighted by atomic mass is 15.2. The van der Waals surface area contributed by atoms with E-state index in [4.69, 9.17) is 12.8 Å². The number of hydrogen-bond donors (Lipinski definition) is 0. The Morgan fingerprint density at radius 1 is 1.13 bits per heavy atom. The molecule has 2 aromatic rings. The van der Waals surface area contributed by atoms with Crippen LogP contribution < -0.4 is 10.4 Å². The highest BCUT2D eigenvalue weighted by Crippen LogP contribution is 2.49. The first-order valence-electron chi connectivity index (χ1n) is 10.8. The number of nitrogens with zero attached hydrogens (tertiary/aromatic N) is 2. The maximum Gasteiger partial charge on any atom is 0.132 e. The molecule has 0 saturated carbocycles. The molecule has 2 nitrogen and oxygen atoms in total. The largest absolute Gasteiger partial charge is 0.342 e. The van der Waals surface area contributed by atoms with Crippen molar-refractivity contribution in [2.45, 2.75) is 38.6 Å². The summed E-state index contributed by atoms with van der Waals surface area (Å²) in [5.41, 5.74) is 5.31. The molecule has 1 aromatic carbocycles. The summed E-state index contributed by atoms with van der Waals surface area (Å²) in [5.74, 6) is 1.37. The SMILES string of the molecule is [B]c1cnc(N(C)C(C2=CCCC=C2)(C2=CC=CCC2C)c2ccccc2)c(C)c1. The first kappa shape index (κ1) is 20.5. The quantitative estimate of drug-likeness (QED) is 0.641. The smallest absolute Gasteiger partial charge is 0.132 e. The Morgan fingerprint density at radius 2 is 1.93 bits per heavy atom. The third-order valence-electron chi connectivity index (χ3n) is 6.35. The van der Waals surface area contributed by atoms with Crippen LogP contribution >= 0.6 is 0 Å². The molecular formula is C27H29BN2. The van der Waals surface area contributed by atoms with Gasteiger partial charge < -0.3 is 4.90 Å². The average molecular weight is 392 g/mol. The van der Waals surface area contributed by atoms with Crippen LogP contribution in [-0.4, -0.2) is 19.9 Å². The standard InChI is InChI=1S/C27H29BN2/c1-20-12-10-11-17-25(20)27(22-13-6-4-7-14-22,23-15-8-5-9-16-23)30(3)26-21(2)18-24(28)19-29-26/h4,6-8,10-11,13-20H,5,9,12H2,1-3H3. The highest BCUT2D eigenvalue weighted by molar-refractivity contribution is 6.32. The van der Waals surface area contributed by atoms with Crippen LogP contribution in [0.2, 0.25) is 0 Å². The minimum atomic E-state index is -0.434. The van der Waals surface area contributed by atoms with Gasteiger partial charge in [-0.05, 0) is 54.4 Å². The van der Waals surface area contributed by atoms with Crippen molar-refractivity contribution in [3.63, 3.8) is 0 Å². The number of aryl methyl sites for hydroxylation is 1. The van der Waals surface area contributed by atoms with Crippen LogP contribution in [0.1, 0.15) is 37.3 Å². The van der Waals surface area contributed by atoms with E-state index < -0.39 is 5.54 Å². The lowest BCUT2D eigenvalue weighted by Gasteiger charge is -2.49. The predicted octanol–water partition coefficient (Wildman–Crippen LogP) is 5.31. The molecule has 2 aliphatic carbocycles. The van der Waals surface area contributed by atoms with Crippen LogP contribution in [-0.2, 0) is 5.54 Å². The van der Waals surface area contributed by atoms with Crippen LogP contribution in [0.5, 0.6) is 0 Å². The topological polar surface area (TPSA) is 16.1 Å². The molecule has 1 heterocycles. The van der Waals surface area contributed by atoms with Crippen molar-refractivity contribution in [3.8, 4) is 0 Å². The molecule has 2 aliphatic rings. The summed E-state index contributed by atoms with van der Waals surface area (Å²) in [5, 5.41) is 0. The fraction of sp³-hybridized carbons (Fsp3) is 0.296. The number of likely N-dealkylation sites (N-methyl/N-ethyl adjacent to an activating group) is 1. The molecule has 0 aliphatic heterocycles. The van der Waals surface area contributed by atoms with Crippen molar-refractivity contribution in [3.05, 3.63) is 101 Å². The van der Waals surface area contributed by atoms with Crippen LogP contribution in [0.4, 0.5) is 5.82 Å². The molecule has 0 saturated heterocycles. The molecule has 0 amide bonds. The molecule has 2 atom stereocenters. The molecule has 150 valence electrons. The van der Waals surface area contributed by atoms with Gasteiger partial charge in [0.2, 0.25) is 0 Å². The van der Waals surface area contributed by atoms with E-state index in [0.29, 0.717) is 11.4 Å². The van der Waals surface area contributed by atoms with Gasteiger partial charge in [-0.15, -0.1) is 0 Å². The number of allylic oxidation sites excluding steroid dienone is 5. The maximum atomic E-state index is 6.03. The van der Waals surface area contributed by atoms with E-state index in [1.54, 1.807) is 6.20 Å². The normalized spacial score (nSPS) is 20.3. The number of benzene rings is 1. The van der Waals surface area contributed by atoms with Gasteiger partial charge >= 0.3 is 0 Å². The molecule has 2 unspecified atom stereocenters. The van der Waals surface area contributed by atoms with Crippen molar-refractivity contribution in [1.29, 1.82) is 0 Å². The highest BCUT2D eigenvalue weighted by Gasteiger charge is 2.45. The Balaban J connectivity index is 2.04. The zero-order valence-electron chi connectivity index (χ0n) is 18.2. The number of anilines is 1. The molecule has 30 heavy (non-hydrogen) atoms. The average Bonchev–Trinajstić information content (AvgIpc) is 2.77. The lowest BCUT2D eigenvalue weighted by atomic mass is 9.68. The summed E-state index contributed by atoms with van der Waals surface area (Å²) >= 11 is 0. The third kappa shape index (κ3) is 3.47. The second-order valence-electron chi connectivity index (χ2n) is 8.37. The van der Waals surface area contributed by atoms with Gasteiger partial charge in [0, 0.05) is 13.2 Å². The van der Waals surface area contributed by atoms with E-state index in [9.17, 15) is 0 Å². The Labute approximate surface area is 182 Å². The minimum absolute atomic E-state index is 0.419. The van der Waals surface area contributed by atoms with Gasteiger partial charge in [0.15, 0.2) is 0 Å². The van der Waals surface area contributed by atoms with Crippen molar-refractivity contribution in [2.75, 3.05) is 11.9 Å². The van der Waals surface area contributed by atoms with E-state index in [-0.39, 0.29) is 0 Å². The number of aromatic nitrogens is 1. The Bertz CT molecular complexity index is 1030. The Kier molecular flexibility index (Phi) is 5.81. The first-order chi connectivity index (χ1) is 14.5. The summed E-state index contributed by atoms with van der Waals surface area (Å²) < 4.78 is 0. The van der Waals surface area contributed by atoms with E-state index in [0.717, 1.165) is 30.6 Å². The monoisotopic (exact) mass is 392 g/mol. The zero-order chi connectivity index (χ0) is 21.1. The fourth-order valence-electron chi connectivity index (χ4n) is 4.96. The molecule has 0 fully saturated rings. The predicted molar refractivity (Wildman–Crippen MR) is 128 cm³/mol. The van der Waals surface area contributed by atoms with E-state index in [1.807, 2.05) is 6.07 Å². The molecule has 0 bridgehead atoms. The van der Waals surface area contributed by atoms with Gasteiger partial charge in [-0.1, -0.05) is 85.2 Å². The summed E-state index contributed by atoms with van der Waals surface area (Å²) in [7, 11) is 8.21.